The van der Waals surface area contributed by atoms with E-state index in [2.05, 4.69) is 19.2 Å². The van der Waals surface area contributed by atoms with Crippen LogP contribution in [0.2, 0.25) is 0 Å². The molecular formula is C13H27NO2. The molecule has 0 aliphatic carbocycles. The van der Waals surface area contributed by atoms with Crippen molar-refractivity contribution < 1.29 is 9.53 Å². The summed E-state index contributed by atoms with van der Waals surface area (Å²) < 4.78 is 5.42. The van der Waals surface area contributed by atoms with Crippen molar-refractivity contribution in [2.45, 2.75) is 72.6 Å². The fraction of sp³-hybridized carbons (Fsp3) is 0.923. The highest BCUT2D eigenvalue weighted by Crippen LogP contribution is 2.15. The van der Waals surface area contributed by atoms with Crippen molar-refractivity contribution in [2.75, 3.05) is 0 Å². The number of ether oxygens (including phenoxy) is 1. The molecule has 0 aliphatic rings. The number of nitrogens with one attached hydrogen (secondary N) is 1. The maximum Gasteiger partial charge on any atom is 0.323 e. The van der Waals surface area contributed by atoms with E-state index >= 15 is 0 Å². The van der Waals surface area contributed by atoms with Gasteiger partial charge in [0.05, 0.1) is 0 Å². The van der Waals surface area contributed by atoms with E-state index in [4.69, 9.17) is 4.74 Å². The molecule has 0 aliphatic heterocycles. The zero-order valence-corrected chi connectivity index (χ0v) is 11.8. The molecule has 16 heavy (non-hydrogen) atoms. The van der Waals surface area contributed by atoms with E-state index in [0.29, 0.717) is 0 Å². The van der Waals surface area contributed by atoms with Gasteiger partial charge in [0, 0.05) is 6.04 Å². The summed E-state index contributed by atoms with van der Waals surface area (Å²) in [5, 5.41) is 3.28. The van der Waals surface area contributed by atoms with Crippen LogP contribution in [0.4, 0.5) is 0 Å². The van der Waals surface area contributed by atoms with Gasteiger partial charge in [0.2, 0.25) is 0 Å². The minimum atomic E-state index is -0.415. The number of hydrogen-bond acceptors (Lipinski definition) is 3. The zero-order valence-electron chi connectivity index (χ0n) is 11.8. The maximum atomic E-state index is 12.0. The topological polar surface area (TPSA) is 38.3 Å². The second-order valence-electron chi connectivity index (χ2n) is 5.72. The normalized spacial score (nSPS) is 16.0. The Labute approximate surface area is 99.9 Å². The van der Waals surface area contributed by atoms with Crippen LogP contribution >= 0.6 is 0 Å². The van der Waals surface area contributed by atoms with Gasteiger partial charge in [0.1, 0.15) is 11.6 Å². The van der Waals surface area contributed by atoms with Crippen molar-refractivity contribution >= 4 is 5.97 Å². The first-order valence-corrected chi connectivity index (χ1v) is 6.16. The van der Waals surface area contributed by atoms with Crippen LogP contribution in [-0.4, -0.2) is 23.7 Å². The first-order valence-electron chi connectivity index (χ1n) is 6.16. The lowest BCUT2D eigenvalue weighted by molar-refractivity contribution is -0.159. The van der Waals surface area contributed by atoms with E-state index < -0.39 is 5.60 Å². The Kier molecular flexibility index (Phi) is 6.01. The van der Waals surface area contributed by atoms with Gasteiger partial charge in [-0.3, -0.25) is 4.79 Å². The van der Waals surface area contributed by atoms with Crippen LogP contribution in [-0.2, 0) is 9.53 Å². The second kappa shape index (κ2) is 6.24. The summed E-state index contributed by atoms with van der Waals surface area (Å²) in [4.78, 5) is 12.0. The molecule has 0 fully saturated rings. The predicted octanol–water partition coefficient (Wildman–Crippen LogP) is 2.74. The lowest BCUT2D eigenvalue weighted by Crippen LogP contribution is -2.47. The Bertz CT molecular complexity index is 218. The van der Waals surface area contributed by atoms with E-state index in [1.54, 1.807) is 0 Å². The summed E-state index contributed by atoms with van der Waals surface area (Å²) in [5.41, 5.74) is -0.415. The first kappa shape index (κ1) is 15.4. The molecule has 3 heteroatoms. The molecule has 0 spiro atoms. The lowest BCUT2D eigenvalue weighted by Gasteiger charge is -2.28. The van der Waals surface area contributed by atoms with Gasteiger partial charge in [0.15, 0.2) is 0 Å². The zero-order chi connectivity index (χ0) is 12.9. The average molecular weight is 229 g/mol. The number of esters is 1. The predicted molar refractivity (Wildman–Crippen MR) is 67.4 cm³/mol. The molecule has 0 radical (unpaired) electrons. The van der Waals surface area contributed by atoms with Gasteiger partial charge in [0.25, 0.3) is 0 Å². The van der Waals surface area contributed by atoms with Crippen molar-refractivity contribution in [2.24, 2.45) is 5.92 Å². The molecule has 0 bridgehead atoms. The van der Waals surface area contributed by atoms with Crippen LogP contribution in [0.15, 0.2) is 0 Å². The molecule has 0 saturated heterocycles. The third kappa shape index (κ3) is 6.11. The molecular weight excluding hydrogens is 202 g/mol. The minimum absolute atomic E-state index is 0.143. The molecule has 1 N–H and O–H groups in total. The van der Waals surface area contributed by atoms with Gasteiger partial charge in [-0.05, 0) is 26.7 Å². The van der Waals surface area contributed by atoms with Gasteiger partial charge < -0.3 is 10.1 Å². The Morgan fingerprint density at radius 1 is 1.25 bits per heavy atom. The second-order valence-corrected chi connectivity index (χ2v) is 5.72. The van der Waals surface area contributed by atoms with Crippen molar-refractivity contribution in [3.63, 3.8) is 0 Å². The van der Waals surface area contributed by atoms with Crippen LogP contribution in [0.25, 0.3) is 0 Å². The Morgan fingerprint density at radius 2 is 1.75 bits per heavy atom. The van der Waals surface area contributed by atoms with Crippen LogP contribution in [0.1, 0.15) is 54.9 Å². The molecule has 0 heterocycles. The highest BCUT2D eigenvalue weighted by atomic mass is 16.6. The van der Waals surface area contributed by atoms with Gasteiger partial charge in [-0.25, -0.2) is 0 Å². The van der Waals surface area contributed by atoms with Crippen molar-refractivity contribution in [1.82, 2.24) is 5.32 Å². The summed E-state index contributed by atoms with van der Waals surface area (Å²) in [6.45, 7) is 13.9. The van der Waals surface area contributed by atoms with Crippen LogP contribution in [0.5, 0.6) is 0 Å². The van der Waals surface area contributed by atoms with Crippen LogP contribution in [0.3, 0.4) is 0 Å². The van der Waals surface area contributed by atoms with Crippen LogP contribution in [0, 0.1) is 5.92 Å². The first-order chi connectivity index (χ1) is 7.17. The molecule has 3 nitrogen and oxygen atoms in total. The Balaban J connectivity index is 4.56. The Morgan fingerprint density at radius 3 is 2.06 bits per heavy atom. The fourth-order valence-electron chi connectivity index (χ4n) is 1.42. The molecule has 2 atom stereocenters. The lowest BCUT2D eigenvalue weighted by atomic mass is 9.98. The van der Waals surface area contributed by atoms with Gasteiger partial charge >= 0.3 is 5.97 Å². The SMILES string of the molecule is CCC(C)C(NC(C)C)C(=O)OC(C)(C)C. The van der Waals surface area contributed by atoms with Gasteiger partial charge in [-0.1, -0.05) is 34.1 Å². The van der Waals surface area contributed by atoms with E-state index in [0.717, 1.165) is 6.42 Å². The molecule has 0 aromatic carbocycles. The van der Waals surface area contributed by atoms with Gasteiger partial charge in [-0.15, -0.1) is 0 Å². The van der Waals surface area contributed by atoms with Crippen molar-refractivity contribution in [3.8, 4) is 0 Å². The quantitative estimate of drug-likeness (QED) is 0.737. The number of hydrogen-bond donors (Lipinski definition) is 1. The molecule has 0 saturated carbocycles. The summed E-state index contributed by atoms with van der Waals surface area (Å²) in [5.74, 6) is 0.146. The smallest absolute Gasteiger partial charge is 0.323 e. The molecule has 0 aromatic heterocycles. The van der Waals surface area contributed by atoms with E-state index in [-0.39, 0.29) is 24.0 Å². The summed E-state index contributed by atoms with van der Waals surface area (Å²) in [7, 11) is 0. The standard InChI is InChI=1S/C13H27NO2/c1-8-10(4)11(14-9(2)3)12(15)16-13(5,6)7/h9-11,14H,8H2,1-7H3. The maximum absolute atomic E-state index is 12.0. The molecule has 2 unspecified atom stereocenters. The molecule has 0 amide bonds. The fourth-order valence-corrected chi connectivity index (χ4v) is 1.42. The highest BCUT2D eigenvalue weighted by Gasteiger charge is 2.29. The number of carbonyl (C=O) groups excluding carboxylic acids is 1. The minimum Gasteiger partial charge on any atom is -0.459 e. The van der Waals surface area contributed by atoms with E-state index in [9.17, 15) is 4.79 Å². The van der Waals surface area contributed by atoms with E-state index in [1.807, 2.05) is 34.6 Å². The Hall–Kier alpha value is -0.570. The third-order valence-electron chi connectivity index (χ3n) is 2.39. The number of carbonyl (C=O) groups is 1. The highest BCUT2D eigenvalue weighted by molar-refractivity contribution is 5.76. The van der Waals surface area contributed by atoms with Gasteiger partial charge in [-0.2, -0.15) is 0 Å². The summed E-state index contributed by atoms with van der Waals surface area (Å²) >= 11 is 0. The third-order valence-corrected chi connectivity index (χ3v) is 2.39. The van der Waals surface area contributed by atoms with Crippen LogP contribution < -0.4 is 5.32 Å². The van der Waals surface area contributed by atoms with Crippen molar-refractivity contribution in [3.05, 3.63) is 0 Å². The van der Waals surface area contributed by atoms with E-state index in [1.165, 1.54) is 0 Å². The average Bonchev–Trinajstić information content (AvgIpc) is 2.09. The monoisotopic (exact) mass is 229 g/mol. The summed E-state index contributed by atoms with van der Waals surface area (Å²) in [6.07, 6.45) is 0.962. The summed E-state index contributed by atoms with van der Waals surface area (Å²) in [6, 6.07) is 0.0794. The number of rotatable bonds is 5. The molecule has 0 rings (SSSR count). The molecule has 96 valence electrons. The van der Waals surface area contributed by atoms with Crippen molar-refractivity contribution in [1.29, 1.82) is 0 Å². The molecule has 0 aromatic rings. The largest absolute Gasteiger partial charge is 0.459 e.